The van der Waals surface area contributed by atoms with Crippen LogP contribution in [0.25, 0.3) is 11.1 Å². The average molecular weight is 649 g/mol. The third-order valence-corrected chi connectivity index (χ3v) is 10.5. The Hall–Kier alpha value is -4.80. The van der Waals surface area contributed by atoms with Crippen molar-refractivity contribution in [1.82, 2.24) is 34.7 Å². The van der Waals surface area contributed by atoms with E-state index in [1.165, 1.54) is 46.5 Å². The summed E-state index contributed by atoms with van der Waals surface area (Å²) in [5, 5.41) is 12.7. The van der Waals surface area contributed by atoms with Crippen LogP contribution < -0.4 is 10.2 Å². The number of nitrogens with zero attached hydrogens (tertiary/aromatic N) is 7. The fraction of sp³-hybridized carbons (Fsp3) is 0.459. The number of fused-ring (bicyclic) bond motifs is 2. The number of amides is 3. The number of anilines is 2. The molecule has 0 spiro atoms. The molecule has 250 valence electrons. The lowest BCUT2D eigenvalue weighted by Crippen LogP contribution is -2.42. The van der Waals surface area contributed by atoms with E-state index < -0.39 is 0 Å². The predicted molar refractivity (Wildman–Crippen MR) is 183 cm³/mol. The summed E-state index contributed by atoms with van der Waals surface area (Å²) in [7, 11) is 3.67. The second-order valence-corrected chi connectivity index (χ2v) is 13.7. The van der Waals surface area contributed by atoms with Gasteiger partial charge in [-0.2, -0.15) is 10.2 Å². The highest BCUT2D eigenvalue weighted by Crippen LogP contribution is 2.49. The topological polar surface area (TPSA) is 101 Å². The zero-order valence-electron chi connectivity index (χ0n) is 27.9. The molecule has 0 unspecified atom stereocenters. The van der Waals surface area contributed by atoms with Gasteiger partial charge in [0.2, 0.25) is 0 Å². The Balaban J connectivity index is 1.09. The maximum Gasteiger partial charge on any atom is 0.410 e. The van der Waals surface area contributed by atoms with E-state index in [4.69, 9.17) is 9.84 Å². The van der Waals surface area contributed by atoms with Crippen LogP contribution in [0.3, 0.4) is 0 Å². The van der Waals surface area contributed by atoms with Gasteiger partial charge in [0.25, 0.3) is 0 Å². The molecule has 3 aliphatic heterocycles. The van der Waals surface area contributed by atoms with E-state index >= 15 is 0 Å². The number of likely N-dealkylation sites (tertiary alicyclic amines) is 1. The first-order valence-electron chi connectivity index (χ1n) is 17.4. The van der Waals surface area contributed by atoms with Crippen molar-refractivity contribution >= 4 is 23.6 Å². The van der Waals surface area contributed by atoms with E-state index in [0.717, 1.165) is 55.6 Å². The number of rotatable bonds is 6. The number of hydrogen-bond donors (Lipinski definition) is 1. The van der Waals surface area contributed by atoms with E-state index in [1.807, 2.05) is 58.1 Å². The standard InChI is InChI=1S/C37H44N8O3/c1-38-36(46)43-18-14-33-32(23-43)35(40-45(33)29-12-16-42(17-13-29)37(47)48-24-25-7-4-3-5-8-25)44-15-6-9-27-19-30(28-21-39-41(2)22-28)31(20-34(27)44)26-10-11-26/h3-5,7-8,19-22,26,29H,6,9-18,23-24H2,1-2H3,(H,38,46). The van der Waals surface area contributed by atoms with Crippen molar-refractivity contribution in [3.8, 4) is 11.1 Å². The minimum atomic E-state index is -0.260. The van der Waals surface area contributed by atoms with Crippen LogP contribution in [0.15, 0.2) is 54.9 Å². The molecule has 8 rings (SSSR count). The molecular formula is C37H44N8O3. The van der Waals surface area contributed by atoms with E-state index in [1.54, 1.807) is 7.05 Å². The molecule has 0 atom stereocenters. The van der Waals surface area contributed by atoms with Gasteiger partial charge in [-0.3, -0.25) is 9.36 Å². The quantitative estimate of drug-likeness (QED) is 0.279. The fourth-order valence-electron chi connectivity index (χ4n) is 7.79. The summed E-state index contributed by atoms with van der Waals surface area (Å²) in [5.41, 5.74) is 9.82. The molecule has 11 nitrogen and oxygen atoms in total. The molecule has 4 aromatic rings. The van der Waals surface area contributed by atoms with Gasteiger partial charge in [0.15, 0.2) is 5.82 Å². The number of carbonyl (C=O) groups is 2. The van der Waals surface area contributed by atoms with Gasteiger partial charge in [-0.15, -0.1) is 0 Å². The summed E-state index contributed by atoms with van der Waals surface area (Å²) < 4.78 is 9.77. The Morgan fingerprint density at radius 2 is 1.79 bits per heavy atom. The second kappa shape index (κ2) is 12.7. The predicted octanol–water partition coefficient (Wildman–Crippen LogP) is 5.92. The van der Waals surface area contributed by atoms with E-state index in [9.17, 15) is 9.59 Å². The molecule has 1 saturated carbocycles. The van der Waals surface area contributed by atoms with Crippen molar-refractivity contribution in [3.63, 3.8) is 0 Å². The summed E-state index contributed by atoms with van der Waals surface area (Å²) in [6.45, 7) is 3.60. The van der Waals surface area contributed by atoms with Crippen molar-refractivity contribution in [1.29, 1.82) is 0 Å². The molecule has 3 amide bonds. The molecule has 2 fully saturated rings. The lowest BCUT2D eigenvalue weighted by Gasteiger charge is -2.34. The molecule has 0 radical (unpaired) electrons. The normalized spacial score (nSPS) is 18.0. The molecule has 1 aliphatic carbocycles. The Morgan fingerprint density at radius 1 is 0.979 bits per heavy atom. The van der Waals surface area contributed by atoms with E-state index in [-0.39, 0.29) is 24.8 Å². The molecular weight excluding hydrogens is 604 g/mol. The van der Waals surface area contributed by atoms with Gasteiger partial charge in [0, 0.05) is 75.4 Å². The third-order valence-electron chi connectivity index (χ3n) is 10.5. The van der Waals surface area contributed by atoms with Crippen molar-refractivity contribution in [3.05, 3.63) is 82.8 Å². The average Bonchev–Trinajstić information content (AvgIpc) is 3.78. The van der Waals surface area contributed by atoms with Crippen molar-refractivity contribution in [2.45, 2.75) is 70.1 Å². The first-order chi connectivity index (χ1) is 23.5. The molecule has 11 heteroatoms. The van der Waals surface area contributed by atoms with Gasteiger partial charge in [0.1, 0.15) is 6.61 Å². The van der Waals surface area contributed by atoms with Gasteiger partial charge in [-0.1, -0.05) is 30.3 Å². The van der Waals surface area contributed by atoms with Crippen LogP contribution >= 0.6 is 0 Å². The molecule has 1 saturated heterocycles. The Bertz CT molecular complexity index is 1820. The Kier molecular flexibility index (Phi) is 8.06. The lowest BCUT2D eigenvalue weighted by molar-refractivity contribution is 0.0818. The van der Waals surface area contributed by atoms with Gasteiger partial charge >= 0.3 is 12.1 Å². The number of nitrogens with one attached hydrogen (secondary N) is 1. The summed E-state index contributed by atoms with van der Waals surface area (Å²) in [6.07, 6.45) is 10.7. The molecule has 0 bridgehead atoms. The number of carbonyl (C=O) groups excluding carboxylic acids is 2. The van der Waals surface area contributed by atoms with Gasteiger partial charge in [-0.05, 0) is 78.8 Å². The van der Waals surface area contributed by atoms with Crippen LogP contribution in [0.5, 0.6) is 0 Å². The van der Waals surface area contributed by atoms with E-state index in [2.05, 4.69) is 38.3 Å². The Labute approximate surface area is 281 Å². The number of aromatic nitrogens is 4. The number of urea groups is 1. The van der Waals surface area contributed by atoms with Crippen molar-refractivity contribution < 1.29 is 14.3 Å². The van der Waals surface area contributed by atoms with Crippen molar-refractivity contribution in [2.75, 3.05) is 38.1 Å². The van der Waals surface area contributed by atoms with Crippen LogP contribution in [0, 0.1) is 0 Å². The number of aryl methyl sites for hydroxylation is 2. The second-order valence-electron chi connectivity index (χ2n) is 13.7. The minimum absolute atomic E-state index is 0.0575. The monoisotopic (exact) mass is 648 g/mol. The highest BCUT2D eigenvalue weighted by atomic mass is 16.6. The van der Waals surface area contributed by atoms with Gasteiger partial charge in [-0.25, -0.2) is 9.59 Å². The SMILES string of the molecule is CNC(=O)N1CCc2c(c(N3CCCc4cc(-c5cnn(C)c5)c(C5CC5)cc43)nn2C2CCN(C(=O)OCc3ccccc3)CC2)C1. The number of ether oxygens (including phenoxy) is 1. The largest absolute Gasteiger partial charge is 0.445 e. The molecule has 1 N–H and O–H groups in total. The summed E-state index contributed by atoms with van der Waals surface area (Å²) >= 11 is 0. The highest BCUT2D eigenvalue weighted by molar-refractivity contribution is 5.78. The number of piperidine rings is 1. The summed E-state index contributed by atoms with van der Waals surface area (Å²) in [5.74, 6) is 1.55. The molecule has 4 aliphatic rings. The number of hydrogen-bond acceptors (Lipinski definition) is 6. The zero-order chi connectivity index (χ0) is 32.8. The van der Waals surface area contributed by atoms with E-state index in [0.29, 0.717) is 32.1 Å². The van der Waals surface area contributed by atoms with Crippen LogP contribution in [0.2, 0.25) is 0 Å². The smallest absolute Gasteiger partial charge is 0.410 e. The minimum Gasteiger partial charge on any atom is -0.445 e. The van der Waals surface area contributed by atoms with Crippen LogP contribution in [0.4, 0.5) is 21.1 Å². The highest BCUT2D eigenvalue weighted by Gasteiger charge is 2.36. The van der Waals surface area contributed by atoms with Crippen LogP contribution in [0.1, 0.15) is 72.0 Å². The maximum atomic E-state index is 12.9. The number of benzene rings is 2. The maximum absolute atomic E-state index is 12.9. The molecule has 5 heterocycles. The first-order valence-corrected chi connectivity index (χ1v) is 17.4. The first kappa shape index (κ1) is 30.5. The summed E-state index contributed by atoms with van der Waals surface area (Å²) in [6, 6.07) is 14.8. The molecule has 2 aromatic carbocycles. The zero-order valence-corrected chi connectivity index (χ0v) is 27.9. The fourth-order valence-corrected chi connectivity index (χ4v) is 7.79. The lowest BCUT2D eigenvalue weighted by atomic mass is 9.91. The Morgan fingerprint density at radius 3 is 2.52 bits per heavy atom. The van der Waals surface area contributed by atoms with Crippen LogP contribution in [-0.2, 0) is 37.8 Å². The summed E-state index contributed by atoms with van der Waals surface area (Å²) in [4.78, 5) is 31.9. The third kappa shape index (κ3) is 5.79. The van der Waals surface area contributed by atoms with Gasteiger partial charge < -0.3 is 24.8 Å². The van der Waals surface area contributed by atoms with Crippen molar-refractivity contribution in [2.24, 2.45) is 7.05 Å². The molecule has 48 heavy (non-hydrogen) atoms. The van der Waals surface area contributed by atoms with Crippen LogP contribution in [-0.4, -0.2) is 74.7 Å². The molecule has 2 aromatic heterocycles. The van der Waals surface area contributed by atoms with Gasteiger partial charge in [0.05, 0.1) is 18.8 Å².